The lowest BCUT2D eigenvalue weighted by molar-refractivity contribution is 0.471. The number of benzene rings is 8. The predicted octanol–water partition coefficient (Wildman–Crippen LogP) is 14.4. The smallest absolute Gasteiger partial charge is 0.151 e. The molecular formula is C51H38N2O. The van der Waals surface area contributed by atoms with Crippen molar-refractivity contribution in [2.75, 3.05) is 9.80 Å². The highest BCUT2D eigenvalue weighted by molar-refractivity contribution is 5.94. The Morgan fingerprint density at radius 3 is 1.57 bits per heavy atom. The van der Waals surface area contributed by atoms with Crippen molar-refractivity contribution < 1.29 is 4.74 Å². The van der Waals surface area contributed by atoms with E-state index in [1.807, 2.05) is 6.07 Å². The molecule has 0 spiro atoms. The summed E-state index contributed by atoms with van der Waals surface area (Å²) < 4.78 is 6.45. The largest absolute Gasteiger partial charge is 0.453 e. The number of ether oxygens (including phenoxy) is 1. The maximum Gasteiger partial charge on any atom is 0.151 e. The highest BCUT2D eigenvalue weighted by Crippen LogP contribution is 2.60. The van der Waals surface area contributed by atoms with Gasteiger partial charge in [-0.05, 0) is 111 Å². The fraction of sp³-hybridized carbons (Fsp3) is 0.0588. The Morgan fingerprint density at radius 1 is 0.389 bits per heavy atom. The molecule has 0 amide bonds. The van der Waals surface area contributed by atoms with E-state index in [-0.39, 0.29) is 5.41 Å². The van der Waals surface area contributed by atoms with Crippen LogP contribution >= 0.6 is 0 Å². The molecule has 0 N–H and O–H groups in total. The minimum absolute atomic E-state index is 0.243. The Kier molecular flexibility index (Phi) is 7.48. The summed E-state index contributed by atoms with van der Waals surface area (Å²) in [7, 11) is 0. The zero-order valence-corrected chi connectivity index (χ0v) is 30.3. The fourth-order valence-corrected chi connectivity index (χ4v) is 8.25. The molecule has 0 aromatic heterocycles. The first-order chi connectivity index (χ1) is 26.5. The molecule has 10 rings (SSSR count). The fourth-order valence-electron chi connectivity index (χ4n) is 8.25. The molecule has 2 heterocycles. The summed E-state index contributed by atoms with van der Waals surface area (Å²) in [5, 5.41) is 0. The number of nitrogens with zero attached hydrogens (tertiary/aromatic N) is 2. The van der Waals surface area contributed by atoms with Crippen molar-refractivity contribution >= 4 is 34.1 Å². The molecule has 0 aliphatic carbocycles. The number of anilines is 6. The highest BCUT2D eigenvalue weighted by Gasteiger charge is 2.41. The van der Waals surface area contributed by atoms with Gasteiger partial charge in [0.15, 0.2) is 11.5 Å². The van der Waals surface area contributed by atoms with Gasteiger partial charge < -0.3 is 14.5 Å². The van der Waals surface area contributed by atoms with Gasteiger partial charge in [-0.25, -0.2) is 0 Å². The summed E-state index contributed by atoms with van der Waals surface area (Å²) in [6.45, 7) is 4.67. The van der Waals surface area contributed by atoms with Gasteiger partial charge in [-0.1, -0.05) is 141 Å². The maximum atomic E-state index is 6.45. The first kappa shape index (κ1) is 31.9. The van der Waals surface area contributed by atoms with E-state index in [0.29, 0.717) is 0 Å². The molecule has 3 nitrogen and oxygen atoms in total. The SMILES string of the molecule is CC1(C)c2cc(-c3cccc(N(c4ccc(-c5ccccc5)cc4)c4ccc(-c5ccccc5)cc4)c3)ccc2N2c3ccccc3Oc3cccc1c32. The van der Waals surface area contributed by atoms with E-state index in [9.17, 15) is 0 Å². The number of hydrogen-bond donors (Lipinski definition) is 0. The van der Waals surface area contributed by atoms with E-state index < -0.39 is 0 Å². The molecule has 8 aromatic rings. The number of hydrogen-bond acceptors (Lipinski definition) is 3. The molecule has 0 fully saturated rings. The Labute approximate surface area is 317 Å². The molecule has 0 unspecified atom stereocenters. The Hall–Kier alpha value is -6.84. The topological polar surface area (TPSA) is 15.7 Å². The van der Waals surface area contributed by atoms with E-state index in [1.54, 1.807) is 0 Å². The van der Waals surface area contributed by atoms with Crippen LogP contribution in [0.1, 0.15) is 25.0 Å². The molecule has 8 aromatic carbocycles. The molecule has 0 saturated heterocycles. The van der Waals surface area contributed by atoms with Crippen LogP contribution in [-0.4, -0.2) is 0 Å². The van der Waals surface area contributed by atoms with Crippen LogP contribution in [0.2, 0.25) is 0 Å². The zero-order valence-electron chi connectivity index (χ0n) is 30.3. The average Bonchev–Trinajstić information content (AvgIpc) is 3.23. The van der Waals surface area contributed by atoms with Gasteiger partial charge in [-0.2, -0.15) is 0 Å². The Balaban J connectivity index is 1.07. The third kappa shape index (κ3) is 5.28. The molecule has 0 atom stereocenters. The van der Waals surface area contributed by atoms with Crippen LogP contribution in [0.4, 0.5) is 34.1 Å². The molecular weight excluding hydrogens is 657 g/mol. The molecule has 0 saturated carbocycles. The lowest BCUT2D eigenvalue weighted by Crippen LogP contribution is -2.32. The normalized spacial score (nSPS) is 13.3. The van der Waals surface area contributed by atoms with Gasteiger partial charge in [-0.15, -0.1) is 0 Å². The molecule has 0 radical (unpaired) electrons. The second-order valence-corrected chi connectivity index (χ2v) is 14.6. The van der Waals surface area contributed by atoms with Gasteiger partial charge in [0.05, 0.1) is 17.1 Å². The van der Waals surface area contributed by atoms with Crippen LogP contribution in [0.25, 0.3) is 33.4 Å². The van der Waals surface area contributed by atoms with Crippen LogP contribution < -0.4 is 14.5 Å². The first-order valence-corrected chi connectivity index (χ1v) is 18.6. The summed E-state index contributed by atoms with van der Waals surface area (Å²) in [5.41, 5.74) is 16.2. The second kappa shape index (κ2) is 12.7. The van der Waals surface area contributed by atoms with Crippen LogP contribution in [0.3, 0.4) is 0 Å². The Bertz CT molecular complexity index is 2560. The number of rotatable bonds is 6. The lowest BCUT2D eigenvalue weighted by atomic mass is 9.72. The van der Waals surface area contributed by atoms with Gasteiger partial charge in [0.2, 0.25) is 0 Å². The van der Waals surface area contributed by atoms with Crippen LogP contribution in [0, 0.1) is 0 Å². The molecule has 2 aliphatic heterocycles. The molecule has 258 valence electrons. The monoisotopic (exact) mass is 694 g/mol. The van der Waals surface area contributed by atoms with Gasteiger partial charge >= 0.3 is 0 Å². The second-order valence-electron chi connectivity index (χ2n) is 14.6. The van der Waals surface area contributed by atoms with Crippen molar-refractivity contribution in [3.8, 4) is 44.9 Å². The lowest BCUT2D eigenvalue weighted by Gasteiger charge is -2.45. The minimum Gasteiger partial charge on any atom is -0.453 e. The van der Waals surface area contributed by atoms with Crippen LogP contribution in [0.5, 0.6) is 11.5 Å². The third-order valence-electron chi connectivity index (χ3n) is 11.0. The van der Waals surface area contributed by atoms with E-state index in [2.05, 4.69) is 212 Å². The van der Waals surface area contributed by atoms with Crippen molar-refractivity contribution in [1.82, 2.24) is 0 Å². The summed E-state index contributed by atoms with van der Waals surface area (Å²) in [4.78, 5) is 4.75. The van der Waals surface area contributed by atoms with E-state index in [1.165, 1.54) is 50.2 Å². The molecule has 3 heteroatoms. The third-order valence-corrected chi connectivity index (χ3v) is 11.0. The van der Waals surface area contributed by atoms with Gasteiger partial charge in [0.1, 0.15) is 0 Å². The number of para-hydroxylation sites is 3. The molecule has 2 aliphatic rings. The van der Waals surface area contributed by atoms with Crippen molar-refractivity contribution in [3.63, 3.8) is 0 Å². The predicted molar refractivity (Wildman–Crippen MR) is 224 cm³/mol. The summed E-state index contributed by atoms with van der Waals surface area (Å²) in [6, 6.07) is 69.6. The van der Waals surface area contributed by atoms with Crippen molar-refractivity contribution in [1.29, 1.82) is 0 Å². The van der Waals surface area contributed by atoms with Crippen molar-refractivity contribution in [3.05, 3.63) is 205 Å². The van der Waals surface area contributed by atoms with Crippen molar-refractivity contribution in [2.24, 2.45) is 0 Å². The van der Waals surface area contributed by atoms with Crippen molar-refractivity contribution in [2.45, 2.75) is 19.3 Å². The van der Waals surface area contributed by atoms with Crippen LogP contribution in [-0.2, 0) is 5.41 Å². The van der Waals surface area contributed by atoms with Gasteiger partial charge in [0.25, 0.3) is 0 Å². The molecule has 54 heavy (non-hydrogen) atoms. The zero-order chi connectivity index (χ0) is 36.2. The standard InChI is InChI=1S/C51H38N2O/c1-51(2)44-19-12-22-49-50(44)53(47-20-9-10-21-48(47)54-49)46-32-27-40(34-45(46)51)39-17-11-18-43(33-39)52(41-28-23-37(24-29-41)35-13-5-3-6-14-35)42-30-25-38(26-31-42)36-15-7-4-8-16-36/h3-34H,1-2H3. The van der Waals surface area contributed by atoms with E-state index in [0.717, 1.165) is 39.9 Å². The molecule has 0 bridgehead atoms. The van der Waals surface area contributed by atoms with Gasteiger partial charge in [-0.3, -0.25) is 0 Å². The minimum atomic E-state index is -0.243. The van der Waals surface area contributed by atoms with Crippen LogP contribution in [0.15, 0.2) is 194 Å². The van der Waals surface area contributed by atoms with E-state index >= 15 is 0 Å². The average molecular weight is 695 g/mol. The maximum absolute atomic E-state index is 6.45. The quantitative estimate of drug-likeness (QED) is 0.172. The Morgan fingerprint density at radius 2 is 0.907 bits per heavy atom. The summed E-state index contributed by atoms with van der Waals surface area (Å²) in [5.74, 6) is 1.77. The van der Waals surface area contributed by atoms with E-state index in [4.69, 9.17) is 4.74 Å². The highest BCUT2D eigenvalue weighted by atomic mass is 16.5. The number of fused-ring (bicyclic) bond motifs is 4. The summed E-state index contributed by atoms with van der Waals surface area (Å²) >= 11 is 0. The van der Waals surface area contributed by atoms with Gasteiger partial charge in [0, 0.05) is 22.5 Å². The first-order valence-electron chi connectivity index (χ1n) is 18.6. The summed E-state index contributed by atoms with van der Waals surface area (Å²) in [6.07, 6.45) is 0.